The van der Waals surface area contributed by atoms with Crippen molar-refractivity contribution in [2.24, 2.45) is 0 Å². The zero-order chi connectivity index (χ0) is 13.0. The maximum absolute atomic E-state index is 11.8. The van der Waals surface area contributed by atoms with Crippen LogP contribution in [0.15, 0.2) is 30.6 Å². The maximum atomic E-state index is 11.8. The lowest BCUT2D eigenvalue weighted by molar-refractivity contribution is 0.0955. The molecule has 1 aromatic heterocycles. The topological polar surface area (TPSA) is 83.8 Å². The van der Waals surface area contributed by atoms with E-state index < -0.39 is 0 Å². The minimum absolute atomic E-state index is 0.212. The summed E-state index contributed by atoms with van der Waals surface area (Å²) in [5.74, 6) is 0.620. The third kappa shape index (κ3) is 3.01. The lowest BCUT2D eigenvalue weighted by Crippen LogP contribution is -2.26. The predicted molar refractivity (Wildman–Crippen MR) is 70.5 cm³/mol. The van der Waals surface area contributed by atoms with Crippen molar-refractivity contribution in [2.45, 2.75) is 6.42 Å². The van der Waals surface area contributed by atoms with Gasteiger partial charge in [0, 0.05) is 36.1 Å². The molecule has 2 rings (SSSR count). The van der Waals surface area contributed by atoms with Crippen molar-refractivity contribution in [3.63, 3.8) is 0 Å². The number of nitrogens with one attached hydrogen (secondary N) is 2. The Balaban J connectivity index is 1.91. The number of aromatic nitrogens is 2. The van der Waals surface area contributed by atoms with E-state index in [2.05, 4.69) is 15.3 Å². The Morgan fingerprint density at radius 3 is 3.00 bits per heavy atom. The molecule has 18 heavy (non-hydrogen) atoms. The summed E-state index contributed by atoms with van der Waals surface area (Å²) in [4.78, 5) is 18.9. The highest BCUT2D eigenvalue weighted by Gasteiger charge is 2.09. The largest absolute Gasteiger partial charge is 0.398 e. The number of anilines is 1. The summed E-state index contributed by atoms with van der Waals surface area (Å²) < 4.78 is 0. The van der Waals surface area contributed by atoms with Crippen molar-refractivity contribution in [1.82, 2.24) is 15.3 Å². The molecular formula is C12H13ClN4O. The third-order valence-corrected chi connectivity index (χ3v) is 2.70. The summed E-state index contributed by atoms with van der Waals surface area (Å²) in [6, 6.07) is 4.81. The molecule has 94 valence electrons. The van der Waals surface area contributed by atoms with Gasteiger partial charge in [-0.1, -0.05) is 11.6 Å². The molecule has 0 atom stereocenters. The molecule has 0 fully saturated rings. The third-order valence-electron chi connectivity index (χ3n) is 2.46. The van der Waals surface area contributed by atoms with E-state index in [-0.39, 0.29) is 5.91 Å². The van der Waals surface area contributed by atoms with Crippen LogP contribution < -0.4 is 11.1 Å². The number of halogens is 1. The van der Waals surface area contributed by atoms with Gasteiger partial charge in [0.25, 0.3) is 5.91 Å². The minimum Gasteiger partial charge on any atom is -0.398 e. The number of H-pyrrole nitrogens is 1. The summed E-state index contributed by atoms with van der Waals surface area (Å²) in [6.07, 6.45) is 4.06. The Labute approximate surface area is 109 Å². The van der Waals surface area contributed by atoms with E-state index in [1.54, 1.807) is 30.6 Å². The van der Waals surface area contributed by atoms with Crippen LogP contribution in [-0.2, 0) is 6.42 Å². The first-order valence-electron chi connectivity index (χ1n) is 5.48. The van der Waals surface area contributed by atoms with Crippen molar-refractivity contribution in [2.75, 3.05) is 12.3 Å². The van der Waals surface area contributed by atoms with Crippen LogP contribution in [0.5, 0.6) is 0 Å². The highest BCUT2D eigenvalue weighted by atomic mass is 35.5. The SMILES string of the molecule is Nc1cc(Cl)ccc1C(=O)NCCc1ncc[nH]1. The fourth-order valence-electron chi connectivity index (χ4n) is 1.56. The molecule has 0 aliphatic carbocycles. The fraction of sp³-hybridized carbons (Fsp3) is 0.167. The van der Waals surface area contributed by atoms with Crippen molar-refractivity contribution < 1.29 is 4.79 Å². The van der Waals surface area contributed by atoms with E-state index in [1.807, 2.05) is 0 Å². The Kier molecular flexibility index (Phi) is 3.84. The number of nitrogens with two attached hydrogens (primary N) is 1. The molecule has 1 heterocycles. The van der Waals surface area contributed by atoms with Gasteiger partial charge in [-0.25, -0.2) is 4.98 Å². The zero-order valence-electron chi connectivity index (χ0n) is 9.61. The van der Waals surface area contributed by atoms with Crippen LogP contribution >= 0.6 is 11.6 Å². The molecular weight excluding hydrogens is 252 g/mol. The second kappa shape index (κ2) is 5.55. The highest BCUT2D eigenvalue weighted by molar-refractivity contribution is 6.31. The quantitative estimate of drug-likeness (QED) is 0.734. The molecule has 1 aromatic carbocycles. The first kappa shape index (κ1) is 12.4. The van der Waals surface area contributed by atoms with Crippen molar-refractivity contribution in [3.05, 3.63) is 47.0 Å². The number of hydrogen-bond acceptors (Lipinski definition) is 3. The number of nitrogens with zero attached hydrogens (tertiary/aromatic N) is 1. The van der Waals surface area contributed by atoms with E-state index >= 15 is 0 Å². The van der Waals surface area contributed by atoms with Gasteiger partial charge in [-0.05, 0) is 18.2 Å². The molecule has 0 bridgehead atoms. The molecule has 0 unspecified atom stereocenters. The van der Waals surface area contributed by atoms with Crippen LogP contribution in [0.2, 0.25) is 5.02 Å². The maximum Gasteiger partial charge on any atom is 0.253 e. The Hall–Kier alpha value is -2.01. The van der Waals surface area contributed by atoms with Gasteiger partial charge in [0.1, 0.15) is 5.82 Å². The van der Waals surface area contributed by atoms with Crippen LogP contribution in [0.25, 0.3) is 0 Å². The van der Waals surface area contributed by atoms with Gasteiger partial charge in [-0.15, -0.1) is 0 Å². The second-order valence-electron chi connectivity index (χ2n) is 3.77. The molecule has 0 saturated carbocycles. The zero-order valence-corrected chi connectivity index (χ0v) is 10.4. The number of benzene rings is 1. The summed E-state index contributed by atoms with van der Waals surface area (Å²) >= 11 is 5.77. The number of hydrogen-bond donors (Lipinski definition) is 3. The van der Waals surface area contributed by atoms with Crippen molar-refractivity contribution >= 4 is 23.2 Å². The molecule has 0 aliphatic heterocycles. The number of carbonyl (C=O) groups excluding carboxylic acids is 1. The predicted octanol–water partition coefficient (Wildman–Crippen LogP) is 1.62. The Morgan fingerprint density at radius 2 is 2.33 bits per heavy atom. The van der Waals surface area contributed by atoms with Crippen molar-refractivity contribution in [3.8, 4) is 0 Å². The van der Waals surface area contributed by atoms with E-state index in [1.165, 1.54) is 0 Å². The highest BCUT2D eigenvalue weighted by Crippen LogP contribution is 2.17. The van der Waals surface area contributed by atoms with Crippen LogP contribution in [0.4, 0.5) is 5.69 Å². The van der Waals surface area contributed by atoms with Gasteiger partial charge >= 0.3 is 0 Å². The number of rotatable bonds is 4. The van der Waals surface area contributed by atoms with E-state index in [4.69, 9.17) is 17.3 Å². The number of nitrogen functional groups attached to an aromatic ring is 1. The number of aromatic amines is 1. The number of carbonyl (C=O) groups is 1. The standard InChI is InChI=1S/C12H13ClN4O/c13-8-1-2-9(10(14)7-8)12(18)17-4-3-11-15-5-6-16-11/h1-2,5-7H,3-4,14H2,(H,15,16)(H,17,18). The lowest BCUT2D eigenvalue weighted by Gasteiger charge is -2.07. The van der Waals surface area contributed by atoms with E-state index in [0.717, 1.165) is 5.82 Å². The molecule has 1 amide bonds. The molecule has 0 aliphatic rings. The number of amides is 1. The normalized spacial score (nSPS) is 10.3. The van der Waals surface area contributed by atoms with Crippen LogP contribution in [-0.4, -0.2) is 22.4 Å². The van der Waals surface area contributed by atoms with Gasteiger partial charge in [0.2, 0.25) is 0 Å². The molecule has 0 radical (unpaired) electrons. The summed E-state index contributed by atoms with van der Waals surface area (Å²) in [7, 11) is 0. The summed E-state index contributed by atoms with van der Waals surface area (Å²) in [6.45, 7) is 0.494. The number of imidazole rings is 1. The first-order chi connectivity index (χ1) is 8.66. The van der Waals surface area contributed by atoms with Gasteiger partial charge < -0.3 is 16.0 Å². The summed E-state index contributed by atoms with van der Waals surface area (Å²) in [5, 5.41) is 3.29. The second-order valence-corrected chi connectivity index (χ2v) is 4.21. The van der Waals surface area contributed by atoms with Crippen molar-refractivity contribution in [1.29, 1.82) is 0 Å². The summed E-state index contributed by atoms with van der Waals surface area (Å²) in [5.41, 5.74) is 6.53. The lowest BCUT2D eigenvalue weighted by atomic mass is 10.1. The van der Waals surface area contributed by atoms with Gasteiger partial charge in [0.05, 0.1) is 5.56 Å². The molecule has 0 saturated heterocycles. The fourth-order valence-corrected chi connectivity index (χ4v) is 1.75. The average molecular weight is 265 g/mol. The van der Waals surface area contributed by atoms with Crippen LogP contribution in [0, 0.1) is 0 Å². The molecule has 6 heteroatoms. The van der Waals surface area contributed by atoms with E-state index in [0.29, 0.717) is 29.2 Å². The van der Waals surface area contributed by atoms with Gasteiger partial charge in [-0.2, -0.15) is 0 Å². The molecule has 2 aromatic rings. The van der Waals surface area contributed by atoms with E-state index in [9.17, 15) is 4.79 Å². The van der Waals surface area contributed by atoms with Crippen LogP contribution in [0.1, 0.15) is 16.2 Å². The minimum atomic E-state index is -0.212. The van der Waals surface area contributed by atoms with Crippen LogP contribution in [0.3, 0.4) is 0 Å². The smallest absolute Gasteiger partial charge is 0.253 e. The monoisotopic (exact) mass is 264 g/mol. The van der Waals surface area contributed by atoms with Gasteiger partial charge in [-0.3, -0.25) is 4.79 Å². The molecule has 5 nitrogen and oxygen atoms in total. The Morgan fingerprint density at radius 1 is 1.50 bits per heavy atom. The van der Waals surface area contributed by atoms with Gasteiger partial charge in [0.15, 0.2) is 0 Å². The first-order valence-corrected chi connectivity index (χ1v) is 5.86. The molecule has 4 N–H and O–H groups in total. The Bertz CT molecular complexity index is 539. The molecule has 0 spiro atoms. The average Bonchev–Trinajstić information content (AvgIpc) is 2.81.